The van der Waals surface area contributed by atoms with E-state index < -0.39 is 0 Å². The van der Waals surface area contributed by atoms with E-state index in [0.29, 0.717) is 37.9 Å². The molecule has 0 fully saturated rings. The fourth-order valence-electron chi connectivity index (χ4n) is 6.34. The number of thiophene rings is 2. The lowest BCUT2D eigenvalue weighted by atomic mass is 10.0. The number of carbonyl (C=O) groups excluding carboxylic acids is 2. The summed E-state index contributed by atoms with van der Waals surface area (Å²) in [6, 6.07) is 4.15. The maximum absolute atomic E-state index is 12.4. The third kappa shape index (κ3) is 6.22. The number of aliphatic imine (C=N–C) groups is 1. The van der Waals surface area contributed by atoms with E-state index in [1.807, 2.05) is 22.1 Å². The molecule has 0 atom stereocenters. The highest BCUT2D eigenvalue weighted by atomic mass is 35.5. The Labute approximate surface area is 296 Å². The van der Waals surface area contributed by atoms with Gasteiger partial charge in [-0.25, -0.2) is 29.5 Å². The van der Waals surface area contributed by atoms with E-state index in [1.54, 1.807) is 74.1 Å². The van der Waals surface area contributed by atoms with Crippen molar-refractivity contribution in [1.82, 2.24) is 39.5 Å². The number of fused-ring (bicyclic) bond motifs is 7. The molecule has 3 aliphatic rings. The lowest BCUT2D eigenvalue weighted by Gasteiger charge is -2.29. The van der Waals surface area contributed by atoms with E-state index in [2.05, 4.69) is 36.3 Å². The second-order valence-electron chi connectivity index (χ2n) is 12.3. The molecule has 7 heterocycles. The summed E-state index contributed by atoms with van der Waals surface area (Å²) in [5.74, 6) is 1.52. The summed E-state index contributed by atoms with van der Waals surface area (Å²) >= 11 is 9.38. The SMILES string of the molecule is CN(C)C(=O)N1CCc2c(sc3ncnc(Cl)c23)C1.COc1cc2c(cc1Nc1ncnc3sc4c(c13)CCN(C(=O)N(C)C)C4)C=NC2. The molecule has 0 bridgehead atoms. The molecule has 0 saturated carbocycles. The smallest absolute Gasteiger partial charge is 0.319 e. The first-order chi connectivity index (χ1) is 23.6. The largest absolute Gasteiger partial charge is 0.495 e. The first kappa shape index (κ1) is 32.9. The first-order valence-electron chi connectivity index (χ1n) is 15.7. The number of halogens is 1. The van der Waals surface area contributed by atoms with Crippen LogP contribution in [0.3, 0.4) is 0 Å². The molecule has 0 saturated heterocycles. The van der Waals surface area contributed by atoms with Gasteiger partial charge in [-0.15, -0.1) is 22.7 Å². The number of hydrogen-bond donors (Lipinski definition) is 1. The molecule has 5 aromatic rings. The molecule has 13 nitrogen and oxygen atoms in total. The Kier molecular flexibility index (Phi) is 8.98. The van der Waals surface area contributed by atoms with Crippen LogP contribution in [0.15, 0.2) is 29.8 Å². The summed E-state index contributed by atoms with van der Waals surface area (Å²) in [5, 5.41) is 5.97. The predicted molar refractivity (Wildman–Crippen MR) is 194 cm³/mol. The number of benzene rings is 1. The van der Waals surface area contributed by atoms with Crippen LogP contribution in [0.4, 0.5) is 21.1 Å². The normalized spacial score (nSPS) is 14.6. The van der Waals surface area contributed by atoms with Crippen molar-refractivity contribution < 1.29 is 14.3 Å². The van der Waals surface area contributed by atoms with Crippen LogP contribution in [0.2, 0.25) is 5.15 Å². The van der Waals surface area contributed by atoms with Gasteiger partial charge in [-0.1, -0.05) is 11.6 Å². The van der Waals surface area contributed by atoms with Gasteiger partial charge in [-0.05, 0) is 47.2 Å². The molecule has 8 rings (SSSR count). The van der Waals surface area contributed by atoms with Crippen molar-refractivity contribution >= 4 is 84.5 Å². The minimum Gasteiger partial charge on any atom is -0.495 e. The monoisotopic (exact) mass is 718 g/mol. The van der Waals surface area contributed by atoms with Gasteiger partial charge in [0.15, 0.2) is 0 Å². The van der Waals surface area contributed by atoms with Gasteiger partial charge in [-0.2, -0.15) is 0 Å². The Morgan fingerprint density at radius 2 is 1.45 bits per heavy atom. The molecule has 16 heteroatoms. The fraction of sp³-hybridized carbons (Fsp3) is 0.364. The molecule has 1 aromatic carbocycles. The third-order valence-electron chi connectivity index (χ3n) is 8.74. The van der Waals surface area contributed by atoms with Crippen LogP contribution in [0.5, 0.6) is 5.75 Å². The number of amides is 4. The highest BCUT2D eigenvalue weighted by Gasteiger charge is 2.28. The maximum Gasteiger partial charge on any atom is 0.319 e. The summed E-state index contributed by atoms with van der Waals surface area (Å²) in [7, 11) is 8.77. The van der Waals surface area contributed by atoms with E-state index in [0.717, 1.165) is 61.7 Å². The molecule has 4 aromatic heterocycles. The van der Waals surface area contributed by atoms with E-state index in [4.69, 9.17) is 16.3 Å². The van der Waals surface area contributed by atoms with Crippen LogP contribution >= 0.6 is 34.3 Å². The second-order valence-corrected chi connectivity index (χ2v) is 14.8. The van der Waals surface area contributed by atoms with Gasteiger partial charge in [0, 0.05) is 57.2 Å². The molecule has 0 aliphatic carbocycles. The molecule has 1 N–H and O–H groups in total. The number of urea groups is 2. The van der Waals surface area contributed by atoms with Gasteiger partial charge in [0.2, 0.25) is 0 Å². The Hall–Kier alpha value is -4.60. The van der Waals surface area contributed by atoms with Gasteiger partial charge in [0.05, 0.1) is 43.2 Å². The molecule has 4 amide bonds. The second kappa shape index (κ2) is 13.4. The Balaban J connectivity index is 0.000000171. The summed E-state index contributed by atoms with van der Waals surface area (Å²) in [5.41, 5.74) is 5.53. The van der Waals surface area contributed by atoms with Crippen LogP contribution < -0.4 is 10.1 Å². The molecule has 0 unspecified atom stereocenters. The van der Waals surface area contributed by atoms with E-state index in [9.17, 15) is 9.59 Å². The molecule has 3 aliphatic heterocycles. The number of nitrogens with one attached hydrogen (secondary N) is 1. The lowest BCUT2D eigenvalue weighted by molar-refractivity contribution is 0.166. The Morgan fingerprint density at radius 1 is 0.857 bits per heavy atom. The van der Waals surface area contributed by atoms with Crippen molar-refractivity contribution in [2.75, 3.05) is 53.7 Å². The van der Waals surface area contributed by atoms with E-state index in [1.165, 1.54) is 27.2 Å². The Morgan fingerprint density at radius 3 is 2.06 bits per heavy atom. The van der Waals surface area contributed by atoms with Gasteiger partial charge >= 0.3 is 12.1 Å². The van der Waals surface area contributed by atoms with Gasteiger partial charge in [0.1, 0.15) is 39.0 Å². The van der Waals surface area contributed by atoms with Crippen LogP contribution in [-0.2, 0) is 32.5 Å². The lowest BCUT2D eigenvalue weighted by Crippen LogP contribution is -2.41. The van der Waals surface area contributed by atoms with Gasteiger partial charge in [0.25, 0.3) is 0 Å². The van der Waals surface area contributed by atoms with Crippen LogP contribution in [0, 0.1) is 0 Å². The van der Waals surface area contributed by atoms with Crippen LogP contribution in [0.25, 0.3) is 20.4 Å². The fourth-order valence-corrected chi connectivity index (χ4v) is 9.05. The molecule has 0 radical (unpaired) electrons. The summed E-state index contributed by atoms with van der Waals surface area (Å²) < 4.78 is 5.60. The number of rotatable bonds is 3. The number of ether oxygens (including phenoxy) is 1. The van der Waals surface area contributed by atoms with Crippen molar-refractivity contribution in [1.29, 1.82) is 0 Å². The topological polar surface area (TPSA) is 132 Å². The zero-order chi connectivity index (χ0) is 34.4. The molecular formula is C33H35ClN10O3S2. The highest BCUT2D eigenvalue weighted by Crippen LogP contribution is 2.40. The summed E-state index contributed by atoms with van der Waals surface area (Å²) in [4.78, 5) is 57.2. The molecular weight excluding hydrogens is 684 g/mol. The van der Waals surface area contributed by atoms with Crippen molar-refractivity contribution in [3.05, 3.63) is 61.9 Å². The van der Waals surface area contributed by atoms with Gasteiger partial charge < -0.3 is 29.7 Å². The number of hydrogen-bond acceptors (Lipinski definition) is 11. The minimum absolute atomic E-state index is 0.0343. The predicted octanol–water partition coefficient (Wildman–Crippen LogP) is 5.80. The number of aromatic nitrogens is 4. The zero-order valence-corrected chi connectivity index (χ0v) is 30.2. The van der Waals surface area contributed by atoms with Crippen molar-refractivity contribution in [3.63, 3.8) is 0 Å². The number of nitrogens with zero attached hydrogens (tertiary/aromatic N) is 9. The third-order valence-corrected chi connectivity index (χ3v) is 11.3. The molecule has 49 heavy (non-hydrogen) atoms. The van der Waals surface area contributed by atoms with Crippen LogP contribution in [0.1, 0.15) is 32.0 Å². The first-order valence-corrected chi connectivity index (χ1v) is 17.7. The standard InChI is InChI=1S/C21H22N6O2S.C12H13ClN4OS/c1-26(2)21(28)27-5-4-14-17(10-27)30-20-18(14)19(23-11-24-20)25-15-6-12-8-22-9-13(12)7-16(15)29-3;1-16(2)12(18)17-4-3-7-8(5-17)19-11-9(7)10(13)14-6-15-11/h6-8,11H,4-5,9-10H2,1-3H3,(H,23,24,25);6H,3-5H2,1-2H3. The van der Waals surface area contributed by atoms with Crippen molar-refractivity contribution in [3.8, 4) is 5.75 Å². The number of methoxy groups -OCH3 is 1. The van der Waals surface area contributed by atoms with E-state index in [-0.39, 0.29) is 12.1 Å². The maximum atomic E-state index is 12.4. The summed E-state index contributed by atoms with van der Waals surface area (Å²) in [6.07, 6.45) is 6.54. The molecule has 254 valence electrons. The van der Waals surface area contributed by atoms with Gasteiger partial charge in [-0.3, -0.25) is 4.99 Å². The van der Waals surface area contributed by atoms with Crippen LogP contribution in [-0.4, -0.2) is 106 Å². The van der Waals surface area contributed by atoms with Crippen molar-refractivity contribution in [2.24, 2.45) is 4.99 Å². The number of carbonyl (C=O) groups is 2. The quantitative estimate of drug-likeness (QED) is 0.232. The average Bonchev–Trinajstić information content (AvgIpc) is 3.82. The van der Waals surface area contributed by atoms with Crippen molar-refractivity contribution in [2.45, 2.75) is 32.5 Å². The Bertz CT molecular complexity index is 2130. The minimum atomic E-state index is 0.0343. The highest BCUT2D eigenvalue weighted by molar-refractivity contribution is 7.19. The molecule has 0 spiro atoms. The number of anilines is 2. The average molecular weight is 719 g/mol. The summed E-state index contributed by atoms with van der Waals surface area (Å²) in [6.45, 7) is 3.31. The zero-order valence-electron chi connectivity index (χ0n) is 27.8. The van der Waals surface area contributed by atoms with E-state index >= 15 is 0 Å².